The van der Waals surface area contributed by atoms with Crippen LogP contribution in [-0.2, 0) is 16.0 Å². The van der Waals surface area contributed by atoms with Gasteiger partial charge in [0.15, 0.2) is 11.5 Å². The van der Waals surface area contributed by atoms with Crippen molar-refractivity contribution >= 4 is 33.4 Å². The molecule has 1 fully saturated rings. The molecular formula is C27H24BrNO6. The summed E-state index contributed by atoms with van der Waals surface area (Å²) >= 11 is 3.36. The smallest absolute Gasteiger partial charge is 0.295 e. The van der Waals surface area contributed by atoms with E-state index in [4.69, 9.17) is 9.47 Å². The maximum Gasteiger partial charge on any atom is 0.295 e. The summed E-state index contributed by atoms with van der Waals surface area (Å²) in [4.78, 5) is 27.7. The Hall–Kier alpha value is -3.78. The fraction of sp³-hybridized carbons (Fsp3) is 0.185. The third-order valence-corrected chi connectivity index (χ3v) is 6.46. The third kappa shape index (κ3) is 4.88. The van der Waals surface area contributed by atoms with E-state index in [-0.39, 0.29) is 23.6 Å². The minimum absolute atomic E-state index is 0.00313. The average Bonchev–Trinajstić information content (AvgIpc) is 3.12. The van der Waals surface area contributed by atoms with Crippen LogP contribution in [0.3, 0.4) is 0 Å². The minimum Gasteiger partial charge on any atom is -0.508 e. The molecule has 0 saturated carbocycles. The summed E-state index contributed by atoms with van der Waals surface area (Å²) in [6.45, 7) is 0.206. The van der Waals surface area contributed by atoms with Crippen molar-refractivity contribution in [2.75, 3.05) is 20.8 Å². The van der Waals surface area contributed by atoms with Crippen molar-refractivity contribution in [3.8, 4) is 17.2 Å². The summed E-state index contributed by atoms with van der Waals surface area (Å²) in [5.74, 6) is -0.601. The number of ketones is 1. The number of phenolic OH excluding ortho intramolecular Hbond substituents is 1. The lowest BCUT2D eigenvalue weighted by Gasteiger charge is -2.25. The number of ether oxygens (including phenoxy) is 2. The van der Waals surface area contributed by atoms with Crippen LogP contribution in [0, 0.1) is 0 Å². The molecule has 4 rings (SSSR count). The van der Waals surface area contributed by atoms with Crippen LogP contribution in [-0.4, -0.2) is 47.6 Å². The van der Waals surface area contributed by atoms with Crippen LogP contribution in [0.5, 0.6) is 17.2 Å². The molecule has 8 heteroatoms. The molecule has 1 atom stereocenters. The zero-order valence-electron chi connectivity index (χ0n) is 19.2. The maximum atomic E-state index is 13.1. The second-order valence-corrected chi connectivity index (χ2v) is 8.95. The summed E-state index contributed by atoms with van der Waals surface area (Å²) < 4.78 is 11.5. The molecule has 2 N–H and O–H groups in total. The van der Waals surface area contributed by atoms with Crippen molar-refractivity contribution in [3.05, 3.63) is 93.5 Å². The van der Waals surface area contributed by atoms with E-state index in [1.54, 1.807) is 56.7 Å². The van der Waals surface area contributed by atoms with Gasteiger partial charge in [-0.15, -0.1) is 0 Å². The number of aromatic hydroxyl groups is 1. The molecule has 3 aromatic rings. The highest BCUT2D eigenvalue weighted by Gasteiger charge is 2.45. The first-order valence-electron chi connectivity index (χ1n) is 10.9. The van der Waals surface area contributed by atoms with E-state index < -0.39 is 17.7 Å². The van der Waals surface area contributed by atoms with Crippen molar-refractivity contribution in [1.82, 2.24) is 4.90 Å². The zero-order valence-corrected chi connectivity index (χ0v) is 20.8. The Kier molecular flexibility index (Phi) is 7.12. The first kappa shape index (κ1) is 24.3. The number of benzene rings is 3. The summed E-state index contributed by atoms with van der Waals surface area (Å²) in [6.07, 6.45) is 0.432. The molecule has 1 amide bonds. The van der Waals surface area contributed by atoms with Gasteiger partial charge < -0.3 is 24.6 Å². The van der Waals surface area contributed by atoms with Crippen LogP contribution in [0.15, 0.2) is 76.8 Å². The lowest BCUT2D eigenvalue weighted by atomic mass is 9.95. The molecule has 180 valence electrons. The SMILES string of the molecule is COc1ccc(CCN2C(=O)C(=O)C(=C(O)c3ccc(Br)cc3)[C@H]2c2cccc(O)c2)cc1OC. The van der Waals surface area contributed by atoms with Gasteiger partial charge in [-0.3, -0.25) is 9.59 Å². The van der Waals surface area contributed by atoms with Crippen molar-refractivity contribution in [2.24, 2.45) is 0 Å². The Morgan fingerprint density at radius 1 is 0.971 bits per heavy atom. The molecule has 0 unspecified atom stereocenters. The molecule has 0 aliphatic carbocycles. The molecule has 1 aliphatic rings. The molecule has 7 nitrogen and oxygen atoms in total. The van der Waals surface area contributed by atoms with Crippen LogP contribution in [0.2, 0.25) is 0 Å². The number of amides is 1. The first-order valence-corrected chi connectivity index (χ1v) is 11.7. The number of hydrogen-bond acceptors (Lipinski definition) is 6. The Morgan fingerprint density at radius 2 is 1.69 bits per heavy atom. The summed E-state index contributed by atoms with van der Waals surface area (Å²) in [5, 5.41) is 21.2. The van der Waals surface area contributed by atoms with E-state index in [1.807, 2.05) is 12.1 Å². The number of likely N-dealkylation sites (tertiary alicyclic amines) is 1. The number of halogens is 1. The van der Waals surface area contributed by atoms with Crippen LogP contribution >= 0.6 is 15.9 Å². The highest BCUT2D eigenvalue weighted by Crippen LogP contribution is 2.40. The van der Waals surface area contributed by atoms with Gasteiger partial charge in [0.05, 0.1) is 25.8 Å². The maximum absolute atomic E-state index is 13.1. The van der Waals surface area contributed by atoms with E-state index in [1.165, 1.54) is 17.0 Å². The number of carbonyl (C=O) groups is 2. The van der Waals surface area contributed by atoms with Gasteiger partial charge in [0.2, 0.25) is 0 Å². The fourth-order valence-electron chi connectivity index (χ4n) is 4.20. The molecule has 35 heavy (non-hydrogen) atoms. The number of Topliss-reactive ketones (excluding diaryl/α,β-unsaturated/α-hetero) is 1. The molecule has 1 aliphatic heterocycles. The second-order valence-electron chi connectivity index (χ2n) is 8.03. The molecule has 1 heterocycles. The first-order chi connectivity index (χ1) is 16.8. The number of nitrogens with zero attached hydrogens (tertiary/aromatic N) is 1. The number of carbonyl (C=O) groups excluding carboxylic acids is 2. The largest absolute Gasteiger partial charge is 0.508 e. The predicted molar refractivity (Wildman–Crippen MR) is 135 cm³/mol. The summed E-state index contributed by atoms with van der Waals surface area (Å²) in [6, 6.07) is 17.8. The quantitative estimate of drug-likeness (QED) is 0.254. The molecule has 0 bridgehead atoms. The number of aliphatic hydroxyl groups excluding tert-OH is 1. The molecule has 3 aromatic carbocycles. The van der Waals surface area contributed by atoms with Gasteiger partial charge in [0.1, 0.15) is 11.5 Å². The Bertz CT molecular complexity index is 1300. The number of hydrogen-bond donors (Lipinski definition) is 2. The topological polar surface area (TPSA) is 96.3 Å². The van der Waals surface area contributed by atoms with E-state index >= 15 is 0 Å². The van der Waals surface area contributed by atoms with Gasteiger partial charge in [-0.25, -0.2) is 0 Å². The monoisotopic (exact) mass is 537 g/mol. The Balaban J connectivity index is 1.74. The van der Waals surface area contributed by atoms with Crippen LogP contribution in [0.4, 0.5) is 0 Å². The van der Waals surface area contributed by atoms with Crippen molar-refractivity contribution < 1.29 is 29.3 Å². The van der Waals surface area contributed by atoms with Crippen molar-refractivity contribution in [1.29, 1.82) is 0 Å². The summed E-state index contributed by atoms with van der Waals surface area (Å²) in [5.41, 5.74) is 1.80. The normalized spacial score (nSPS) is 17.0. The lowest BCUT2D eigenvalue weighted by molar-refractivity contribution is -0.139. The molecule has 0 radical (unpaired) electrons. The Morgan fingerprint density at radius 3 is 2.34 bits per heavy atom. The molecule has 0 spiro atoms. The van der Waals surface area contributed by atoms with Gasteiger partial charge in [0.25, 0.3) is 11.7 Å². The Labute approximate surface area is 211 Å². The van der Waals surface area contributed by atoms with Gasteiger partial charge in [-0.2, -0.15) is 0 Å². The molecule has 1 saturated heterocycles. The number of methoxy groups -OCH3 is 2. The van der Waals surface area contributed by atoms with Gasteiger partial charge in [0, 0.05) is 16.6 Å². The minimum atomic E-state index is -0.856. The van der Waals surface area contributed by atoms with Gasteiger partial charge in [-0.1, -0.05) is 46.3 Å². The second kappa shape index (κ2) is 10.2. The van der Waals surface area contributed by atoms with Crippen LogP contribution < -0.4 is 9.47 Å². The predicted octanol–water partition coefficient (Wildman–Crippen LogP) is 4.84. The van der Waals surface area contributed by atoms with Crippen molar-refractivity contribution in [2.45, 2.75) is 12.5 Å². The third-order valence-electron chi connectivity index (χ3n) is 5.93. The lowest BCUT2D eigenvalue weighted by Crippen LogP contribution is -2.31. The van der Waals surface area contributed by atoms with E-state index in [2.05, 4.69) is 15.9 Å². The van der Waals surface area contributed by atoms with E-state index in [9.17, 15) is 19.8 Å². The number of rotatable bonds is 7. The van der Waals surface area contributed by atoms with Crippen LogP contribution in [0.1, 0.15) is 22.7 Å². The zero-order chi connectivity index (χ0) is 25.1. The van der Waals surface area contributed by atoms with Gasteiger partial charge in [-0.05, 0) is 53.9 Å². The number of aliphatic hydroxyl groups is 1. The van der Waals surface area contributed by atoms with Crippen molar-refractivity contribution in [3.63, 3.8) is 0 Å². The summed E-state index contributed by atoms with van der Waals surface area (Å²) in [7, 11) is 3.10. The van der Waals surface area contributed by atoms with E-state index in [0.717, 1.165) is 10.0 Å². The van der Waals surface area contributed by atoms with Gasteiger partial charge >= 0.3 is 0 Å². The average molecular weight is 538 g/mol. The molecular weight excluding hydrogens is 514 g/mol. The van der Waals surface area contributed by atoms with E-state index in [0.29, 0.717) is 29.0 Å². The fourth-order valence-corrected chi connectivity index (χ4v) is 4.47. The standard InChI is InChI=1S/C27H24BrNO6/c1-34-21-11-6-16(14-22(21)35-2)12-13-29-24(18-4-3-5-20(30)15-18)23(26(32)27(29)33)25(31)17-7-9-19(28)10-8-17/h3-11,14-15,24,30-31H,12-13H2,1-2H3/t24-/m1/s1. The molecule has 0 aromatic heterocycles. The highest BCUT2D eigenvalue weighted by molar-refractivity contribution is 9.10. The van der Waals surface area contributed by atoms with Crippen LogP contribution in [0.25, 0.3) is 5.76 Å². The number of phenols is 1. The highest BCUT2D eigenvalue weighted by atomic mass is 79.9.